The predicted octanol–water partition coefficient (Wildman–Crippen LogP) is 4.39. The van der Waals surface area contributed by atoms with Crippen LogP contribution in [-0.4, -0.2) is 61.4 Å². The fourth-order valence-electron chi connectivity index (χ4n) is 5.15. The third kappa shape index (κ3) is 4.75. The number of H-pyrrole nitrogens is 1. The molecule has 1 aliphatic carbocycles. The lowest BCUT2D eigenvalue weighted by molar-refractivity contribution is -0.126. The van der Waals surface area contributed by atoms with Gasteiger partial charge in [0.1, 0.15) is 11.4 Å². The molecule has 5 rings (SSSR count). The van der Waals surface area contributed by atoms with E-state index in [0.717, 1.165) is 87.6 Å². The van der Waals surface area contributed by atoms with Crippen molar-refractivity contribution in [2.75, 3.05) is 40.0 Å². The molecule has 1 saturated carbocycles. The average molecular weight is 427 g/mol. The highest BCUT2D eigenvalue weighted by Crippen LogP contribution is 2.39. The number of methoxy groups -OCH3 is 1. The summed E-state index contributed by atoms with van der Waals surface area (Å²) in [5.74, 6) is 2.39. The number of aromatic amines is 1. The van der Waals surface area contributed by atoms with E-state index in [2.05, 4.69) is 4.98 Å². The van der Waals surface area contributed by atoms with Crippen molar-refractivity contribution in [1.82, 2.24) is 9.88 Å². The second-order valence-corrected chi connectivity index (χ2v) is 9.63. The first-order chi connectivity index (χ1) is 15.1. The number of aromatic nitrogens is 1. The van der Waals surface area contributed by atoms with Crippen LogP contribution >= 0.6 is 0 Å². The smallest absolute Gasteiger partial charge is 0.270 e. The molecule has 6 heteroatoms. The molecule has 1 N–H and O–H groups in total. The molecule has 3 fully saturated rings. The quantitative estimate of drug-likeness (QED) is 0.667. The van der Waals surface area contributed by atoms with Crippen LogP contribution in [0.3, 0.4) is 0 Å². The Balaban J connectivity index is 1.15. The number of likely N-dealkylation sites (tertiary alicyclic amines) is 1. The van der Waals surface area contributed by atoms with Gasteiger partial charge in [-0.2, -0.15) is 0 Å². The molecule has 3 heterocycles. The van der Waals surface area contributed by atoms with E-state index in [9.17, 15) is 4.79 Å². The zero-order valence-electron chi connectivity index (χ0n) is 18.5. The minimum atomic E-state index is -0.0516. The number of benzene rings is 1. The van der Waals surface area contributed by atoms with Crippen molar-refractivity contribution in [1.29, 1.82) is 0 Å². The molecule has 168 valence electrons. The fraction of sp³-hybridized carbons (Fsp3) is 0.640. The number of carbonyl (C=O) groups is 1. The van der Waals surface area contributed by atoms with Crippen molar-refractivity contribution in [3.05, 3.63) is 30.0 Å². The third-order valence-corrected chi connectivity index (χ3v) is 7.34. The third-order valence-electron chi connectivity index (χ3n) is 7.34. The van der Waals surface area contributed by atoms with Crippen LogP contribution in [0.15, 0.2) is 24.3 Å². The molecule has 0 bridgehead atoms. The Morgan fingerprint density at radius 1 is 1.19 bits per heavy atom. The molecule has 1 amide bonds. The summed E-state index contributed by atoms with van der Waals surface area (Å²) in [7, 11) is 1.66. The first-order valence-electron chi connectivity index (χ1n) is 11.8. The van der Waals surface area contributed by atoms with Crippen LogP contribution in [0, 0.1) is 11.8 Å². The monoisotopic (exact) mass is 426 g/mol. The second-order valence-electron chi connectivity index (χ2n) is 9.63. The fourth-order valence-corrected chi connectivity index (χ4v) is 5.15. The lowest BCUT2D eigenvalue weighted by Crippen LogP contribution is -2.51. The van der Waals surface area contributed by atoms with Crippen LogP contribution < -0.4 is 4.74 Å². The molecule has 6 nitrogen and oxygen atoms in total. The van der Waals surface area contributed by atoms with Crippen molar-refractivity contribution >= 4 is 16.8 Å². The van der Waals surface area contributed by atoms with Crippen molar-refractivity contribution in [2.24, 2.45) is 11.8 Å². The highest BCUT2D eigenvalue weighted by molar-refractivity contribution is 5.98. The second kappa shape index (κ2) is 8.83. The average Bonchev–Trinajstić information content (AvgIpc) is 3.52. The summed E-state index contributed by atoms with van der Waals surface area (Å²) in [6.07, 6.45) is 7.92. The Kier molecular flexibility index (Phi) is 5.93. The van der Waals surface area contributed by atoms with Gasteiger partial charge in [-0.1, -0.05) is 0 Å². The van der Waals surface area contributed by atoms with Gasteiger partial charge in [0, 0.05) is 43.8 Å². The Bertz CT molecular complexity index is 911. The molecule has 1 atom stereocenters. The first-order valence-corrected chi connectivity index (χ1v) is 11.8. The number of ether oxygens (including phenoxy) is 3. The molecule has 3 aliphatic rings. The van der Waals surface area contributed by atoms with E-state index < -0.39 is 0 Å². The van der Waals surface area contributed by atoms with Crippen molar-refractivity contribution in [3.63, 3.8) is 0 Å². The number of amides is 1. The first kappa shape index (κ1) is 20.8. The van der Waals surface area contributed by atoms with Gasteiger partial charge in [-0.15, -0.1) is 0 Å². The van der Waals surface area contributed by atoms with E-state index in [1.54, 1.807) is 7.11 Å². The lowest BCUT2D eigenvalue weighted by Gasteiger charge is -2.46. The van der Waals surface area contributed by atoms with Gasteiger partial charge in [0.25, 0.3) is 5.91 Å². The molecule has 1 aromatic carbocycles. The van der Waals surface area contributed by atoms with E-state index in [0.29, 0.717) is 11.6 Å². The maximum absolute atomic E-state index is 13.1. The molecule has 2 aromatic rings. The van der Waals surface area contributed by atoms with Gasteiger partial charge in [0.15, 0.2) is 0 Å². The van der Waals surface area contributed by atoms with Gasteiger partial charge in [-0.3, -0.25) is 4.79 Å². The maximum Gasteiger partial charge on any atom is 0.270 e. The molecule has 2 aliphatic heterocycles. The largest absolute Gasteiger partial charge is 0.497 e. The van der Waals surface area contributed by atoms with Gasteiger partial charge in [-0.25, -0.2) is 0 Å². The molecule has 2 saturated heterocycles. The number of piperidine rings is 1. The van der Waals surface area contributed by atoms with E-state index in [1.807, 2.05) is 29.2 Å². The number of hydrogen-bond donors (Lipinski definition) is 1. The Hall–Kier alpha value is -2.05. The van der Waals surface area contributed by atoms with Crippen LogP contribution in [0.2, 0.25) is 0 Å². The summed E-state index contributed by atoms with van der Waals surface area (Å²) in [6.45, 7) is 4.18. The maximum atomic E-state index is 13.1. The van der Waals surface area contributed by atoms with Crippen LogP contribution in [0.25, 0.3) is 10.9 Å². The lowest BCUT2D eigenvalue weighted by atomic mass is 9.78. The number of nitrogens with zero attached hydrogens (tertiary/aromatic N) is 1. The van der Waals surface area contributed by atoms with Crippen molar-refractivity contribution in [2.45, 2.75) is 50.5 Å². The number of carbonyl (C=O) groups excluding carboxylic acids is 1. The van der Waals surface area contributed by atoms with Crippen LogP contribution in [0.5, 0.6) is 5.75 Å². The number of hydrogen-bond acceptors (Lipinski definition) is 4. The highest BCUT2D eigenvalue weighted by Gasteiger charge is 2.41. The molecule has 1 aromatic heterocycles. The van der Waals surface area contributed by atoms with Crippen LogP contribution in [0.4, 0.5) is 0 Å². The minimum Gasteiger partial charge on any atom is -0.497 e. The summed E-state index contributed by atoms with van der Waals surface area (Å²) in [4.78, 5) is 18.3. The molecular weight excluding hydrogens is 392 g/mol. The van der Waals surface area contributed by atoms with Crippen LogP contribution in [-0.2, 0) is 9.47 Å². The Labute approximate surface area is 184 Å². The summed E-state index contributed by atoms with van der Waals surface area (Å²) in [5.41, 5.74) is 1.55. The van der Waals surface area contributed by atoms with Crippen LogP contribution in [0.1, 0.15) is 55.4 Å². The van der Waals surface area contributed by atoms with E-state index in [1.165, 1.54) is 12.8 Å². The number of rotatable bonds is 7. The molecular formula is C25H34N2O4. The number of nitrogens with one attached hydrogen (secondary N) is 1. The molecule has 1 unspecified atom stereocenters. The van der Waals surface area contributed by atoms with E-state index in [4.69, 9.17) is 14.2 Å². The van der Waals surface area contributed by atoms with E-state index in [-0.39, 0.29) is 11.5 Å². The summed E-state index contributed by atoms with van der Waals surface area (Å²) in [5, 5.41) is 0.999. The zero-order chi connectivity index (χ0) is 21.3. The number of fused-ring (bicyclic) bond motifs is 1. The Morgan fingerprint density at radius 3 is 2.81 bits per heavy atom. The zero-order valence-corrected chi connectivity index (χ0v) is 18.5. The van der Waals surface area contributed by atoms with Crippen molar-refractivity contribution < 1.29 is 19.0 Å². The van der Waals surface area contributed by atoms with Gasteiger partial charge in [-0.05, 0) is 81.0 Å². The normalized spacial score (nSPS) is 23.4. The van der Waals surface area contributed by atoms with Gasteiger partial charge in [0.05, 0.1) is 12.7 Å². The van der Waals surface area contributed by atoms with Gasteiger partial charge in [0.2, 0.25) is 0 Å². The molecule has 1 spiro atoms. The van der Waals surface area contributed by atoms with Gasteiger partial charge >= 0.3 is 0 Å². The topological polar surface area (TPSA) is 63.8 Å². The standard InChI is InChI=1S/C25H34N2O4/c1-29-21-4-5-22-20(14-21)15-23(26-22)24(28)27-10-8-25(9-11-27)16-18(7-13-31-25)6-12-30-17-19-2-3-19/h4-5,14-15,18-19,26H,2-3,6-13,16-17H2,1H3. The molecule has 31 heavy (non-hydrogen) atoms. The SMILES string of the molecule is COc1ccc2[nH]c(C(=O)N3CCC4(CC3)CC(CCOCC3CC3)CCO4)cc2c1. The molecule has 0 radical (unpaired) electrons. The minimum absolute atomic E-state index is 0.0516. The Morgan fingerprint density at radius 2 is 2.03 bits per heavy atom. The van der Waals surface area contributed by atoms with Crippen molar-refractivity contribution in [3.8, 4) is 5.75 Å². The summed E-state index contributed by atoms with van der Waals surface area (Å²) in [6, 6.07) is 7.75. The highest BCUT2D eigenvalue weighted by atomic mass is 16.5. The van der Waals surface area contributed by atoms with E-state index >= 15 is 0 Å². The predicted molar refractivity (Wildman–Crippen MR) is 120 cm³/mol. The summed E-state index contributed by atoms with van der Waals surface area (Å²) >= 11 is 0. The van der Waals surface area contributed by atoms with Gasteiger partial charge < -0.3 is 24.1 Å². The summed E-state index contributed by atoms with van der Waals surface area (Å²) < 4.78 is 17.5.